The molecule has 0 fully saturated rings. The summed E-state index contributed by atoms with van der Waals surface area (Å²) in [6.45, 7) is 4.05. The van der Waals surface area contributed by atoms with Crippen LogP contribution in [-0.4, -0.2) is 17.0 Å². The number of halogens is 1. The highest BCUT2D eigenvalue weighted by Gasteiger charge is 2.29. The third-order valence-corrected chi connectivity index (χ3v) is 4.98. The maximum absolute atomic E-state index is 12.5. The SMILES string of the molecule is CC(C)(C(=O)NCc1ccc(C(=O)O)s1)c1cccc(Br)c1. The average molecular weight is 382 g/mol. The first-order valence-electron chi connectivity index (χ1n) is 6.67. The number of thiophene rings is 1. The summed E-state index contributed by atoms with van der Waals surface area (Å²) in [5.74, 6) is -1.05. The van der Waals surface area contributed by atoms with E-state index in [1.807, 2.05) is 38.1 Å². The van der Waals surface area contributed by atoms with Gasteiger partial charge in [-0.2, -0.15) is 0 Å². The molecule has 116 valence electrons. The molecule has 0 spiro atoms. The highest BCUT2D eigenvalue weighted by molar-refractivity contribution is 9.10. The van der Waals surface area contributed by atoms with Crippen molar-refractivity contribution in [2.75, 3.05) is 0 Å². The fourth-order valence-electron chi connectivity index (χ4n) is 1.98. The molecule has 0 bridgehead atoms. The average Bonchev–Trinajstić information content (AvgIpc) is 2.93. The summed E-state index contributed by atoms with van der Waals surface area (Å²) in [5.41, 5.74) is 0.244. The highest BCUT2D eigenvalue weighted by Crippen LogP contribution is 2.26. The molecule has 4 nitrogen and oxygen atoms in total. The number of carbonyl (C=O) groups is 2. The molecule has 0 aliphatic heterocycles. The number of hydrogen-bond acceptors (Lipinski definition) is 3. The van der Waals surface area contributed by atoms with Gasteiger partial charge in [-0.1, -0.05) is 28.1 Å². The second-order valence-corrected chi connectivity index (χ2v) is 7.47. The van der Waals surface area contributed by atoms with E-state index < -0.39 is 11.4 Å². The zero-order valence-corrected chi connectivity index (χ0v) is 14.6. The van der Waals surface area contributed by atoms with Crippen molar-refractivity contribution >= 4 is 39.1 Å². The Balaban J connectivity index is 2.05. The number of carboxylic acid groups (broad SMARTS) is 1. The Morgan fingerprint density at radius 1 is 1.27 bits per heavy atom. The molecule has 1 heterocycles. The van der Waals surface area contributed by atoms with Crippen LogP contribution in [0.3, 0.4) is 0 Å². The van der Waals surface area contributed by atoms with Crippen LogP contribution >= 0.6 is 27.3 Å². The van der Waals surface area contributed by atoms with E-state index in [2.05, 4.69) is 21.2 Å². The zero-order chi connectivity index (χ0) is 16.3. The van der Waals surface area contributed by atoms with Crippen molar-refractivity contribution in [1.82, 2.24) is 5.32 Å². The van der Waals surface area contributed by atoms with Crippen molar-refractivity contribution < 1.29 is 14.7 Å². The minimum Gasteiger partial charge on any atom is -0.477 e. The minimum absolute atomic E-state index is 0.101. The topological polar surface area (TPSA) is 66.4 Å². The Kier molecular flexibility index (Phi) is 5.03. The first kappa shape index (κ1) is 16.7. The van der Waals surface area contributed by atoms with E-state index in [4.69, 9.17) is 5.11 Å². The standard InChI is InChI=1S/C16H16BrNO3S/c1-16(2,10-4-3-5-11(17)8-10)15(21)18-9-12-6-7-13(22-12)14(19)20/h3-8H,9H2,1-2H3,(H,18,21)(H,19,20). The largest absolute Gasteiger partial charge is 0.477 e. The molecule has 0 unspecified atom stereocenters. The predicted molar refractivity (Wildman–Crippen MR) is 90.3 cm³/mol. The van der Waals surface area contributed by atoms with Crippen LogP contribution < -0.4 is 5.32 Å². The summed E-state index contributed by atoms with van der Waals surface area (Å²) in [6, 6.07) is 10.9. The molecule has 0 radical (unpaired) electrons. The number of rotatable bonds is 5. The van der Waals surface area contributed by atoms with Crippen LogP contribution in [0.25, 0.3) is 0 Å². The summed E-state index contributed by atoms with van der Waals surface area (Å²) in [5, 5.41) is 11.8. The number of carboxylic acids is 1. The predicted octanol–water partition coefficient (Wildman–Crippen LogP) is 3.80. The molecule has 0 saturated carbocycles. The fraction of sp³-hybridized carbons (Fsp3) is 0.250. The second-order valence-electron chi connectivity index (χ2n) is 5.39. The summed E-state index contributed by atoms with van der Waals surface area (Å²) >= 11 is 4.58. The molecule has 22 heavy (non-hydrogen) atoms. The maximum atomic E-state index is 12.5. The molecule has 2 rings (SSSR count). The Hall–Kier alpha value is -1.66. The van der Waals surface area contributed by atoms with Gasteiger partial charge in [-0.3, -0.25) is 4.79 Å². The van der Waals surface area contributed by atoms with Crippen LogP contribution in [0.5, 0.6) is 0 Å². The van der Waals surface area contributed by atoms with Gasteiger partial charge in [0, 0.05) is 9.35 Å². The van der Waals surface area contributed by atoms with Crippen molar-refractivity contribution in [3.63, 3.8) is 0 Å². The highest BCUT2D eigenvalue weighted by atomic mass is 79.9. The first-order chi connectivity index (χ1) is 10.3. The van der Waals surface area contributed by atoms with Gasteiger partial charge in [-0.05, 0) is 43.7 Å². The lowest BCUT2D eigenvalue weighted by atomic mass is 9.84. The van der Waals surface area contributed by atoms with E-state index in [0.717, 1.165) is 14.9 Å². The van der Waals surface area contributed by atoms with Gasteiger partial charge >= 0.3 is 5.97 Å². The third kappa shape index (κ3) is 3.75. The fourth-order valence-corrected chi connectivity index (χ4v) is 3.17. The Labute approximate surface area is 141 Å². The lowest BCUT2D eigenvalue weighted by molar-refractivity contribution is -0.125. The lowest BCUT2D eigenvalue weighted by Crippen LogP contribution is -2.39. The van der Waals surface area contributed by atoms with Crippen molar-refractivity contribution in [2.45, 2.75) is 25.8 Å². The van der Waals surface area contributed by atoms with Crippen LogP contribution in [0, 0.1) is 0 Å². The van der Waals surface area contributed by atoms with Crippen LogP contribution in [0.4, 0.5) is 0 Å². The van der Waals surface area contributed by atoms with Gasteiger partial charge in [-0.15, -0.1) is 11.3 Å². The monoisotopic (exact) mass is 381 g/mol. The normalized spacial score (nSPS) is 11.2. The van der Waals surface area contributed by atoms with E-state index in [-0.39, 0.29) is 10.8 Å². The van der Waals surface area contributed by atoms with Crippen LogP contribution in [0.2, 0.25) is 0 Å². The van der Waals surface area contributed by atoms with Gasteiger partial charge in [0.25, 0.3) is 0 Å². The maximum Gasteiger partial charge on any atom is 0.345 e. The van der Waals surface area contributed by atoms with Crippen LogP contribution in [-0.2, 0) is 16.8 Å². The third-order valence-electron chi connectivity index (χ3n) is 3.41. The molecule has 0 saturated heterocycles. The van der Waals surface area contributed by atoms with Gasteiger partial charge in [-0.25, -0.2) is 4.79 Å². The number of amides is 1. The Bertz CT molecular complexity index is 709. The molecule has 0 aliphatic rings. The summed E-state index contributed by atoms with van der Waals surface area (Å²) in [4.78, 5) is 24.4. The van der Waals surface area contributed by atoms with E-state index in [1.165, 1.54) is 11.3 Å². The van der Waals surface area contributed by atoms with Crippen molar-refractivity contribution in [2.24, 2.45) is 0 Å². The minimum atomic E-state index is -0.947. The molecule has 1 amide bonds. The summed E-state index contributed by atoms with van der Waals surface area (Å²) < 4.78 is 0.926. The summed E-state index contributed by atoms with van der Waals surface area (Å²) in [7, 11) is 0. The van der Waals surface area contributed by atoms with Crippen molar-refractivity contribution in [3.8, 4) is 0 Å². The van der Waals surface area contributed by atoms with Gasteiger partial charge in [0.2, 0.25) is 5.91 Å². The zero-order valence-electron chi connectivity index (χ0n) is 12.2. The van der Waals surface area contributed by atoms with Crippen molar-refractivity contribution in [1.29, 1.82) is 0 Å². The van der Waals surface area contributed by atoms with E-state index in [9.17, 15) is 9.59 Å². The first-order valence-corrected chi connectivity index (χ1v) is 8.28. The van der Waals surface area contributed by atoms with Gasteiger partial charge in [0.05, 0.1) is 12.0 Å². The molecule has 1 aromatic carbocycles. The van der Waals surface area contributed by atoms with Gasteiger partial charge < -0.3 is 10.4 Å². The second kappa shape index (κ2) is 6.62. The molecular weight excluding hydrogens is 366 g/mol. The number of benzene rings is 1. The van der Waals surface area contributed by atoms with Crippen LogP contribution in [0.1, 0.15) is 34.0 Å². The number of hydrogen-bond donors (Lipinski definition) is 2. The van der Waals surface area contributed by atoms with Crippen LogP contribution in [0.15, 0.2) is 40.9 Å². The smallest absolute Gasteiger partial charge is 0.345 e. The lowest BCUT2D eigenvalue weighted by Gasteiger charge is -2.24. The summed E-state index contributed by atoms with van der Waals surface area (Å²) in [6.07, 6.45) is 0. The van der Waals surface area contributed by atoms with E-state index >= 15 is 0 Å². The Morgan fingerprint density at radius 2 is 2.00 bits per heavy atom. The molecule has 0 atom stereocenters. The van der Waals surface area contributed by atoms with E-state index in [1.54, 1.807) is 12.1 Å². The van der Waals surface area contributed by atoms with Crippen molar-refractivity contribution in [3.05, 3.63) is 56.2 Å². The number of nitrogens with one attached hydrogen (secondary N) is 1. The molecule has 2 N–H and O–H groups in total. The number of carbonyl (C=O) groups excluding carboxylic acids is 1. The van der Waals surface area contributed by atoms with Gasteiger partial charge in [0.15, 0.2) is 0 Å². The molecule has 1 aromatic heterocycles. The Morgan fingerprint density at radius 3 is 2.59 bits per heavy atom. The molecule has 0 aliphatic carbocycles. The van der Waals surface area contributed by atoms with Gasteiger partial charge in [0.1, 0.15) is 4.88 Å². The molecule has 2 aromatic rings. The van der Waals surface area contributed by atoms with E-state index in [0.29, 0.717) is 6.54 Å². The molecule has 6 heteroatoms. The number of aromatic carboxylic acids is 1. The quantitative estimate of drug-likeness (QED) is 0.827. The molecular formula is C16H16BrNO3S.